The number of anilines is 1. The average Bonchev–Trinajstić information content (AvgIpc) is 3.00. The van der Waals surface area contributed by atoms with Gasteiger partial charge in [0.25, 0.3) is 10.0 Å². The van der Waals surface area contributed by atoms with Crippen molar-refractivity contribution in [3.8, 4) is 0 Å². The molecule has 3 aromatic carbocycles. The minimum absolute atomic E-state index is 0.0236. The lowest BCUT2D eigenvalue weighted by atomic mass is 9.95. The Morgan fingerprint density at radius 2 is 1.51 bits per heavy atom. The molecule has 3 aromatic rings. The van der Waals surface area contributed by atoms with E-state index in [0.717, 1.165) is 42.0 Å². The Bertz CT molecular complexity index is 1440. The van der Waals surface area contributed by atoms with Crippen molar-refractivity contribution < 1.29 is 22.4 Å². The quantitative estimate of drug-likeness (QED) is 0.327. The van der Waals surface area contributed by atoms with E-state index >= 15 is 0 Å². The van der Waals surface area contributed by atoms with Crippen LogP contribution in [0.1, 0.15) is 57.1 Å². The van der Waals surface area contributed by atoms with Crippen molar-refractivity contribution in [2.24, 2.45) is 0 Å². The number of sulfonamides is 1. The van der Waals surface area contributed by atoms with Crippen molar-refractivity contribution in [2.45, 2.75) is 75.9 Å². The number of nitrogens with zero attached hydrogens (tertiary/aromatic N) is 2. The molecule has 0 radical (unpaired) electrons. The Hall–Kier alpha value is -3.72. The molecule has 0 aliphatic heterocycles. The third-order valence-corrected chi connectivity index (χ3v) is 9.44. The van der Waals surface area contributed by atoms with Crippen LogP contribution in [0.15, 0.2) is 83.8 Å². The van der Waals surface area contributed by atoms with Crippen LogP contribution in [0.4, 0.5) is 10.1 Å². The summed E-state index contributed by atoms with van der Waals surface area (Å²) in [5, 5.41) is 3.06. The fourth-order valence-electron chi connectivity index (χ4n) is 5.25. The predicted octanol–water partition coefficient (Wildman–Crippen LogP) is 5.45. The molecule has 0 spiro atoms. The largest absolute Gasteiger partial charge is 0.352 e. The van der Waals surface area contributed by atoms with Gasteiger partial charge < -0.3 is 10.2 Å². The number of carbonyl (C=O) groups is 2. The van der Waals surface area contributed by atoms with E-state index in [1.54, 1.807) is 55.5 Å². The molecule has 0 aromatic heterocycles. The van der Waals surface area contributed by atoms with Crippen molar-refractivity contribution in [1.29, 1.82) is 0 Å². The second-order valence-electron chi connectivity index (χ2n) is 10.4. The van der Waals surface area contributed by atoms with Crippen LogP contribution >= 0.6 is 0 Å². The number of benzene rings is 3. The fourth-order valence-corrected chi connectivity index (χ4v) is 6.72. The summed E-state index contributed by atoms with van der Waals surface area (Å²) < 4.78 is 43.8. The summed E-state index contributed by atoms with van der Waals surface area (Å²) in [6, 6.07) is 20.1. The molecule has 0 heterocycles. The maximum absolute atomic E-state index is 14.7. The van der Waals surface area contributed by atoms with Crippen molar-refractivity contribution in [3.05, 3.63) is 95.8 Å². The van der Waals surface area contributed by atoms with E-state index in [1.165, 1.54) is 23.1 Å². The second kappa shape index (κ2) is 13.8. The molecule has 7 nitrogen and oxygen atoms in total. The van der Waals surface area contributed by atoms with Gasteiger partial charge in [-0.25, -0.2) is 12.8 Å². The van der Waals surface area contributed by atoms with Gasteiger partial charge in [0.05, 0.1) is 10.6 Å². The van der Waals surface area contributed by atoms with Gasteiger partial charge in [-0.2, -0.15) is 0 Å². The second-order valence-corrected chi connectivity index (χ2v) is 12.3. The molecule has 2 amide bonds. The minimum Gasteiger partial charge on any atom is -0.352 e. The first-order valence-corrected chi connectivity index (χ1v) is 15.6. The first kappa shape index (κ1) is 30.2. The molecule has 1 N–H and O–H groups in total. The van der Waals surface area contributed by atoms with E-state index in [4.69, 9.17) is 0 Å². The molecule has 0 saturated heterocycles. The summed E-state index contributed by atoms with van der Waals surface area (Å²) in [7, 11) is -4.15. The number of amides is 2. The van der Waals surface area contributed by atoms with Crippen LogP contribution in [-0.4, -0.2) is 43.8 Å². The average molecular weight is 580 g/mol. The van der Waals surface area contributed by atoms with Gasteiger partial charge in [0, 0.05) is 18.2 Å². The zero-order chi connectivity index (χ0) is 29.4. The van der Waals surface area contributed by atoms with Gasteiger partial charge in [-0.1, -0.05) is 80.8 Å². The molecule has 0 unspecified atom stereocenters. The first-order valence-electron chi connectivity index (χ1n) is 14.2. The van der Waals surface area contributed by atoms with Gasteiger partial charge in [-0.15, -0.1) is 0 Å². The summed E-state index contributed by atoms with van der Waals surface area (Å²) in [5.74, 6) is -1.45. The minimum atomic E-state index is -4.15. The Morgan fingerprint density at radius 1 is 0.902 bits per heavy atom. The summed E-state index contributed by atoms with van der Waals surface area (Å²) >= 11 is 0. The smallest absolute Gasteiger partial charge is 0.264 e. The Morgan fingerprint density at radius 3 is 2.17 bits per heavy atom. The fraction of sp³-hybridized carbons (Fsp3) is 0.375. The van der Waals surface area contributed by atoms with Crippen LogP contribution in [0.3, 0.4) is 0 Å². The highest BCUT2D eigenvalue weighted by Gasteiger charge is 2.34. The maximum atomic E-state index is 14.7. The van der Waals surface area contributed by atoms with Gasteiger partial charge in [0.15, 0.2) is 0 Å². The zero-order valence-electron chi connectivity index (χ0n) is 23.6. The molecule has 9 heteroatoms. The number of nitrogens with one attached hydrogen (secondary N) is 1. The number of hydrogen-bond acceptors (Lipinski definition) is 4. The Balaban J connectivity index is 1.70. The third-order valence-electron chi connectivity index (χ3n) is 7.67. The lowest BCUT2D eigenvalue weighted by Gasteiger charge is -2.33. The molecule has 1 fully saturated rings. The molecule has 218 valence electrons. The number of rotatable bonds is 11. The van der Waals surface area contributed by atoms with E-state index in [9.17, 15) is 22.4 Å². The van der Waals surface area contributed by atoms with Gasteiger partial charge in [0.1, 0.15) is 18.4 Å². The maximum Gasteiger partial charge on any atom is 0.264 e. The highest BCUT2D eigenvalue weighted by Crippen LogP contribution is 2.28. The summed E-state index contributed by atoms with van der Waals surface area (Å²) in [6.07, 6.45) is 5.48. The van der Waals surface area contributed by atoms with E-state index in [2.05, 4.69) is 5.32 Å². The van der Waals surface area contributed by atoms with E-state index < -0.39 is 34.3 Å². The topological polar surface area (TPSA) is 86.8 Å². The van der Waals surface area contributed by atoms with Gasteiger partial charge >= 0.3 is 0 Å². The molecule has 0 bridgehead atoms. The summed E-state index contributed by atoms with van der Waals surface area (Å²) in [4.78, 5) is 28.8. The SMILES string of the molecule is CCc1ccccc1N(CC(=O)N(Cc1ccccc1F)[C@H](C)C(=O)NC1CCCCC1)S(=O)(=O)c1ccccc1. The third kappa shape index (κ3) is 7.33. The molecule has 1 saturated carbocycles. The number of aryl methyl sites for hydroxylation is 1. The molecule has 1 atom stereocenters. The molecular formula is C32H38FN3O4S. The molecule has 1 aliphatic rings. The number of halogens is 1. The zero-order valence-corrected chi connectivity index (χ0v) is 24.4. The summed E-state index contributed by atoms with van der Waals surface area (Å²) in [5.41, 5.74) is 1.38. The van der Waals surface area contributed by atoms with Crippen LogP contribution in [-0.2, 0) is 32.6 Å². The summed E-state index contributed by atoms with van der Waals surface area (Å²) in [6.45, 7) is 2.78. The van der Waals surface area contributed by atoms with Gasteiger partial charge in [-0.05, 0) is 56.0 Å². The lowest BCUT2D eigenvalue weighted by Crippen LogP contribution is -2.53. The van der Waals surface area contributed by atoms with Gasteiger partial charge in [0.2, 0.25) is 11.8 Å². The standard InChI is InChI=1S/C32H38FN3O4S/c1-3-25-14-11-13-21-30(25)36(41(39,40)28-18-8-5-9-19-28)23-31(37)35(22-26-15-10-12-20-29(26)33)24(2)32(38)34-27-16-6-4-7-17-27/h5,8-15,18-21,24,27H,3-4,6-7,16-17,22-23H2,1-2H3,(H,34,38)/t24-/m1/s1. The van der Waals surface area contributed by atoms with E-state index in [1.807, 2.05) is 19.1 Å². The number of carbonyl (C=O) groups excluding carboxylic acids is 2. The van der Waals surface area contributed by atoms with Gasteiger partial charge in [-0.3, -0.25) is 13.9 Å². The highest BCUT2D eigenvalue weighted by molar-refractivity contribution is 7.92. The van der Waals surface area contributed by atoms with Crippen molar-refractivity contribution in [2.75, 3.05) is 10.8 Å². The van der Waals surface area contributed by atoms with Crippen LogP contribution in [0.2, 0.25) is 0 Å². The van der Waals surface area contributed by atoms with Crippen molar-refractivity contribution >= 4 is 27.5 Å². The molecule has 1 aliphatic carbocycles. The van der Waals surface area contributed by atoms with Crippen molar-refractivity contribution in [3.63, 3.8) is 0 Å². The highest BCUT2D eigenvalue weighted by atomic mass is 32.2. The van der Waals surface area contributed by atoms with Crippen molar-refractivity contribution in [1.82, 2.24) is 10.2 Å². The van der Waals surface area contributed by atoms with Crippen LogP contribution in [0.25, 0.3) is 0 Å². The molecule has 4 rings (SSSR count). The first-order chi connectivity index (χ1) is 19.7. The lowest BCUT2D eigenvalue weighted by molar-refractivity contribution is -0.139. The molecular weight excluding hydrogens is 541 g/mol. The monoisotopic (exact) mass is 579 g/mol. The van der Waals surface area contributed by atoms with E-state index in [-0.39, 0.29) is 29.0 Å². The Labute approximate surface area is 242 Å². The van der Waals surface area contributed by atoms with E-state index in [0.29, 0.717) is 12.1 Å². The number of hydrogen-bond donors (Lipinski definition) is 1. The van der Waals surface area contributed by atoms with Crippen LogP contribution in [0.5, 0.6) is 0 Å². The van der Waals surface area contributed by atoms with Crippen LogP contribution in [0, 0.1) is 5.82 Å². The number of para-hydroxylation sites is 1. The van der Waals surface area contributed by atoms with Crippen LogP contribution < -0.4 is 9.62 Å². The molecule has 41 heavy (non-hydrogen) atoms. The Kier molecular flexibility index (Phi) is 10.2. The normalized spacial score (nSPS) is 14.7. The predicted molar refractivity (Wildman–Crippen MR) is 158 cm³/mol.